The van der Waals surface area contributed by atoms with Crippen LogP contribution in [-0.2, 0) is 12.7 Å². The minimum absolute atomic E-state index is 0. The van der Waals surface area contributed by atoms with Gasteiger partial charge < -0.3 is 11.1 Å². The summed E-state index contributed by atoms with van der Waals surface area (Å²) in [6, 6.07) is 0.309. The van der Waals surface area contributed by atoms with Crippen LogP contribution in [0, 0.1) is 0 Å². The Labute approximate surface area is 130 Å². The third-order valence-electron chi connectivity index (χ3n) is 2.89. The van der Waals surface area contributed by atoms with Crippen molar-refractivity contribution in [2.75, 3.05) is 0 Å². The Morgan fingerprint density at radius 1 is 1.40 bits per heavy atom. The molecule has 114 valence electrons. The van der Waals surface area contributed by atoms with Crippen molar-refractivity contribution in [2.24, 2.45) is 10.7 Å². The van der Waals surface area contributed by atoms with Gasteiger partial charge in [0.25, 0.3) is 5.82 Å². The zero-order chi connectivity index (χ0) is 13.9. The van der Waals surface area contributed by atoms with Gasteiger partial charge in [0.05, 0.1) is 0 Å². The van der Waals surface area contributed by atoms with E-state index in [4.69, 9.17) is 5.73 Å². The van der Waals surface area contributed by atoms with Gasteiger partial charge in [0.1, 0.15) is 12.4 Å². The molecular formula is C10H16F3IN6. The number of nitrogens with two attached hydrogens (primary N) is 1. The zero-order valence-electron chi connectivity index (χ0n) is 10.6. The maximum Gasteiger partial charge on any atom is 0.453 e. The van der Waals surface area contributed by atoms with Crippen LogP contribution < -0.4 is 11.1 Å². The summed E-state index contributed by atoms with van der Waals surface area (Å²) in [7, 11) is 0. The Kier molecular flexibility index (Phi) is 6.02. The molecule has 1 heterocycles. The molecular weight excluding hydrogens is 388 g/mol. The quantitative estimate of drug-likeness (QED) is 0.407. The first-order valence-corrected chi connectivity index (χ1v) is 6.00. The van der Waals surface area contributed by atoms with Crippen molar-refractivity contribution in [1.82, 2.24) is 20.5 Å². The fraction of sp³-hybridized carbons (Fsp3) is 0.700. The first kappa shape index (κ1) is 17.0. The largest absolute Gasteiger partial charge is 0.453 e. The molecule has 1 aromatic heterocycles. The molecule has 0 aliphatic heterocycles. The Balaban J connectivity index is 0.00000200. The minimum Gasteiger partial charge on any atom is -0.370 e. The van der Waals surface area contributed by atoms with E-state index >= 15 is 0 Å². The lowest BCUT2D eigenvalue weighted by Crippen LogP contribution is -2.38. The van der Waals surface area contributed by atoms with E-state index < -0.39 is 12.0 Å². The molecule has 2 rings (SSSR count). The van der Waals surface area contributed by atoms with Crippen LogP contribution in [0.25, 0.3) is 0 Å². The number of nitrogens with one attached hydrogen (secondary N) is 2. The Morgan fingerprint density at radius 3 is 2.60 bits per heavy atom. The average Bonchev–Trinajstić information content (AvgIpc) is 2.95. The number of aliphatic imine (C=N–C) groups is 1. The van der Waals surface area contributed by atoms with Gasteiger partial charge in [-0.05, 0) is 12.8 Å². The van der Waals surface area contributed by atoms with Gasteiger partial charge in [-0.1, -0.05) is 12.8 Å². The van der Waals surface area contributed by atoms with Gasteiger partial charge in [0, 0.05) is 6.04 Å². The van der Waals surface area contributed by atoms with Crippen molar-refractivity contribution in [3.63, 3.8) is 0 Å². The smallest absolute Gasteiger partial charge is 0.370 e. The lowest BCUT2D eigenvalue weighted by atomic mass is 10.2. The van der Waals surface area contributed by atoms with Crippen molar-refractivity contribution >= 4 is 29.9 Å². The van der Waals surface area contributed by atoms with Crippen molar-refractivity contribution in [1.29, 1.82) is 0 Å². The van der Waals surface area contributed by atoms with Crippen molar-refractivity contribution in [3.05, 3.63) is 11.6 Å². The van der Waals surface area contributed by atoms with Gasteiger partial charge in [0.2, 0.25) is 0 Å². The summed E-state index contributed by atoms with van der Waals surface area (Å²) in [5, 5.41) is 8.30. The highest BCUT2D eigenvalue weighted by molar-refractivity contribution is 14.0. The third kappa shape index (κ3) is 4.80. The monoisotopic (exact) mass is 404 g/mol. The van der Waals surface area contributed by atoms with Crippen molar-refractivity contribution in [3.8, 4) is 0 Å². The van der Waals surface area contributed by atoms with Crippen molar-refractivity contribution in [2.45, 2.75) is 44.4 Å². The van der Waals surface area contributed by atoms with Gasteiger partial charge in [-0.25, -0.2) is 9.98 Å². The Bertz CT molecular complexity index is 452. The third-order valence-corrected chi connectivity index (χ3v) is 2.89. The summed E-state index contributed by atoms with van der Waals surface area (Å²) < 4.78 is 36.8. The molecule has 1 aromatic rings. The minimum atomic E-state index is -4.55. The van der Waals surface area contributed by atoms with Crippen LogP contribution >= 0.6 is 24.0 Å². The maximum atomic E-state index is 12.3. The number of hydrogen-bond acceptors (Lipinski definition) is 3. The first-order chi connectivity index (χ1) is 8.95. The molecule has 0 radical (unpaired) electrons. The summed E-state index contributed by atoms with van der Waals surface area (Å²) in [5.74, 6) is -0.944. The molecule has 0 unspecified atom stereocenters. The Morgan fingerprint density at radius 2 is 2.05 bits per heavy atom. The van der Waals surface area contributed by atoms with E-state index in [9.17, 15) is 13.2 Å². The lowest BCUT2D eigenvalue weighted by molar-refractivity contribution is -0.144. The molecule has 0 aromatic carbocycles. The second-order valence-electron chi connectivity index (χ2n) is 4.43. The van der Waals surface area contributed by atoms with Gasteiger partial charge >= 0.3 is 6.18 Å². The summed E-state index contributed by atoms with van der Waals surface area (Å²) >= 11 is 0. The van der Waals surface area contributed by atoms with Gasteiger partial charge in [-0.15, -0.1) is 29.1 Å². The fourth-order valence-electron chi connectivity index (χ4n) is 1.98. The molecule has 0 spiro atoms. The second kappa shape index (κ2) is 7.09. The van der Waals surface area contributed by atoms with Crippen LogP contribution in [-0.4, -0.2) is 27.2 Å². The summed E-state index contributed by atoms with van der Waals surface area (Å²) in [5.41, 5.74) is 5.65. The summed E-state index contributed by atoms with van der Waals surface area (Å²) in [4.78, 5) is 7.24. The molecule has 0 bridgehead atoms. The number of aromatic amines is 1. The SMILES string of the molecule is I.NC(=NCc1nc(C(F)(F)F)n[nH]1)NC1CCCC1. The summed E-state index contributed by atoms with van der Waals surface area (Å²) in [6.07, 6.45) is -0.163. The number of aromatic nitrogens is 3. The van der Waals surface area contributed by atoms with E-state index in [2.05, 4.69) is 25.5 Å². The number of rotatable bonds is 3. The van der Waals surface area contributed by atoms with Crippen LogP contribution in [0.5, 0.6) is 0 Å². The molecule has 1 aliphatic carbocycles. The topological polar surface area (TPSA) is 92.0 Å². The molecule has 6 nitrogen and oxygen atoms in total. The second-order valence-corrected chi connectivity index (χ2v) is 4.43. The number of alkyl halides is 3. The zero-order valence-corrected chi connectivity index (χ0v) is 12.9. The van der Waals surface area contributed by atoms with E-state index in [0.29, 0.717) is 6.04 Å². The van der Waals surface area contributed by atoms with E-state index in [1.54, 1.807) is 0 Å². The van der Waals surface area contributed by atoms with Crippen LogP contribution in [0.4, 0.5) is 13.2 Å². The highest BCUT2D eigenvalue weighted by Gasteiger charge is 2.35. The molecule has 1 aliphatic rings. The average molecular weight is 404 g/mol. The van der Waals surface area contributed by atoms with Gasteiger partial charge in [-0.3, -0.25) is 5.10 Å². The number of H-pyrrole nitrogens is 1. The highest BCUT2D eigenvalue weighted by atomic mass is 127. The Hall–Kier alpha value is -1.07. The number of hydrogen-bond donors (Lipinski definition) is 3. The number of guanidine groups is 1. The molecule has 4 N–H and O–H groups in total. The maximum absolute atomic E-state index is 12.3. The van der Waals surface area contributed by atoms with Gasteiger partial charge in [0.15, 0.2) is 5.96 Å². The summed E-state index contributed by atoms with van der Waals surface area (Å²) in [6.45, 7) is -0.0609. The lowest BCUT2D eigenvalue weighted by Gasteiger charge is -2.11. The van der Waals surface area contributed by atoms with Crippen LogP contribution in [0.1, 0.15) is 37.3 Å². The van der Waals surface area contributed by atoms with E-state index in [1.807, 2.05) is 0 Å². The molecule has 0 amide bonds. The van der Waals surface area contributed by atoms with E-state index in [0.717, 1.165) is 25.7 Å². The molecule has 0 saturated heterocycles. The van der Waals surface area contributed by atoms with Crippen LogP contribution in [0.15, 0.2) is 4.99 Å². The van der Waals surface area contributed by atoms with E-state index in [1.165, 1.54) is 0 Å². The normalized spacial score (nSPS) is 17.1. The molecule has 20 heavy (non-hydrogen) atoms. The predicted molar refractivity (Wildman–Crippen MR) is 77.5 cm³/mol. The van der Waals surface area contributed by atoms with Crippen LogP contribution in [0.3, 0.4) is 0 Å². The predicted octanol–water partition coefficient (Wildman–Crippen LogP) is 1.79. The molecule has 1 fully saturated rings. The first-order valence-electron chi connectivity index (χ1n) is 6.00. The number of nitrogens with zero attached hydrogens (tertiary/aromatic N) is 3. The van der Waals surface area contributed by atoms with Crippen molar-refractivity contribution < 1.29 is 13.2 Å². The standard InChI is InChI=1S/C10H15F3N6.HI/c11-10(12,13)8-17-7(18-19-8)5-15-9(14)16-6-3-1-2-4-6;/h6H,1-5H2,(H3,14,15,16)(H,17,18,19);1H. The van der Waals surface area contributed by atoms with E-state index in [-0.39, 0.29) is 42.3 Å². The molecule has 10 heteroatoms. The highest BCUT2D eigenvalue weighted by Crippen LogP contribution is 2.25. The van der Waals surface area contributed by atoms with Gasteiger partial charge in [-0.2, -0.15) is 13.2 Å². The molecule has 0 atom stereocenters. The molecule has 1 saturated carbocycles. The van der Waals surface area contributed by atoms with Crippen LogP contribution in [0.2, 0.25) is 0 Å². The number of halogens is 4. The fourth-order valence-corrected chi connectivity index (χ4v) is 1.98.